The monoisotopic (exact) mass is 327 g/mol. The van der Waals surface area contributed by atoms with E-state index in [0.717, 1.165) is 12.1 Å². The van der Waals surface area contributed by atoms with Crippen LogP contribution < -0.4 is 10.1 Å². The van der Waals surface area contributed by atoms with E-state index in [2.05, 4.69) is 15.3 Å². The van der Waals surface area contributed by atoms with Crippen molar-refractivity contribution in [2.24, 2.45) is 0 Å². The van der Waals surface area contributed by atoms with E-state index >= 15 is 0 Å². The van der Waals surface area contributed by atoms with Crippen LogP contribution in [0.5, 0.6) is 11.6 Å². The molecule has 2 aromatic carbocycles. The summed E-state index contributed by atoms with van der Waals surface area (Å²) in [4.78, 5) is 19.9. The molecule has 120 valence electrons. The first-order valence-electron chi connectivity index (χ1n) is 6.91. The molecule has 7 heteroatoms. The van der Waals surface area contributed by atoms with E-state index in [-0.39, 0.29) is 5.56 Å². The van der Waals surface area contributed by atoms with Gasteiger partial charge in [-0.25, -0.2) is 13.8 Å². The highest BCUT2D eigenvalue weighted by molar-refractivity contribution is 6.04. The highest BCUT2D eigenvalue weighted by Crippen LogP contribution is 2.21. The number of anilines is 1. The topological polar surface area (TPSA) is 64.1 Å². The fourth-order valence-electron chi connectivity index (χ4n) is 1.95. The van der Waals surface area contributed by atoms with Crippen molar-refractivity contribution in [2.45, 2.75) is 0 Å². The summed E-state index contributed by atoms with van der Waals surface area (Å²) in [7, 11) is 0. The van der Waals surface area contributed by atoms with E-state index in [1.807, 2.05) is 0 Å². The molecule has 0 unspecified atom stereocenters. The van der Waals surface area contributed by atoms with Gasteiger partial charge in [-0.1, -0.05) is 0 Å². The number of carbonyl (C=O) groups excluding carboxylic acids is 1. The Kier molecular flexibility index (Phi) is 4.42. The maximum absolute atomic E-state index is 13.1. The molecule has 1 amide bonds. The lowest BCUT2D eigenvalue weighted by molar-refractivity contribution is 0.102. The number of nitrogens with one attached hydrogen (secondary N) is 1. The van der Waals surface area contributed by atoms with Crippen LogP contribution >= 0.6 is 0 Å². The number of carbonyl (C=O) groups is 1. The van der Waals surface area contributed by atoms with Crippen LogP contribution in [0.3, 0.4) is 0 Å². The molecule has 1 heterocycles. The first kappa shape index (κ1) is 15.5. The Morgan fingerprint density at radius 3 is 2.33 bits per heavy atom. The predicted molar refractivity (Wildman–Crippen MR) is 82.9 cm³/mol. The maximum Gasteiger partial charge on any atom is 0.255 e. The van der Waals surface area contributed by atoms with Crippen LogP contribution in [0.4, 0.5) is 14.5 Å². The number of ether oxygens (including phenoxy) is 1. The van der Waals surface area contributed by atoms with Gasteiger partial charge in [0.1, 0.15) is 17.4 Å². The van der Waals surface area contributed by atoms with Crippen LogP contribution in [0, 0.1) is 11.6 Å². The van der Waals surface area contributed by atoms with Gasteiger partial charge in [0.2, 0.25) is 5.88 Å². The highest BCUT2D eigenvalue weighted by Gasteiger charge is 2.10. The number of aromatic nitrogens is 2. The van der Waals surface area contributed by atoms with Gasteiger partial charge in [0.15, 0.2) is 0 Å². The summed E-state index contributed by atoms with van der Waals surface area (Å²) in [6, 6.07) is 9.06. The largest absolute Gasteiger partial charge is 0.438 e. The number of nitrogens with zero attached hydrogens (tertiary/aromatic N) is 2. The van der Waals surface area contributed by atoms with E-state index < -0.39 is 17.5 Å². The van der Waals surface area contributed by atoms with Crippen LogP contribution in [0.15, 0.2) is 61.1 Å². The Morgan fingerprint density at radius 1 is 1.00 bits per heavy atom. The SMILES string of the molecule is O=C(Nc1ccc(Oc2cnccn2)cc1)c1cc(F)cc(F)c1. The second-order valence-electron chi connectivity index (χ2n) is 4.78. The molecule has 1 aromatic heterocycles. The lowest BCUT2D eigenvalue weighted by Crippen LogP contribution is -2.12. The number of rotatable bonds is 4. The van der Waals surface area contributed by atoms with Crippen molar-refractivity contribution in [2.75, 3.05) is 5.32 Å². The zero-order valence-electron chi connectivity index (χ0n) is 12.2. The lowest BCUT2D eigenvalue weighted by Gasteiger charge is -2.07. The predicted octanol–water partition coefficient (Wildman–Crippen LogP) is 3.80. The number of halogens is 2. The Morgan fingerprint density at radius 2 is 1.71 bits per heavy atom. The molecule has 1 N–H and O–H groups in total. The highest BCUT2D eigenvalue weighted by atomic mass is 19.1. The molecule has 0 radical (unpaired) electrons. The van der Waals surface area contributed by atoms with Crippen molar-refractivity contribution in [1.82, 2.24) is 9.97 Å². The van der Waals surface area contributed by atoms with E-state index in [9.17, 15) is 13.6 Å². The Labute approximate surface area is 136 Å². The Bertz CT molecular complexity index is 835. The summed E-state index contributed by atoms with van der Waals surface area (Å²) >= 11 is 0. The number of benzene rings is 2. The second-order valence-corrected chi connectivity index (χ2v) is 4.78. The molecule has 3 rings (SSSR count). The molecule has 0 spiro atoms. The first-order chi connectivity index (χ1) is 11.6. The van der Waals surface area contributed by atoms with Crippen LogP contribution in [-0.4, -0.2) is 15.9 Å². The van der Waals surface area contributed by atoms with Crippen molar-refractivity contribution < 1.29 is 18.3 Å². The zero-order valence-corrected chi connectivity index (χ0v) is 12.2. The fourth-order valence-corrected chi connectivity index (χ4v) is 1.95. The molecule has 5 nitrogen and oxygen atoms in total. The van der Waals surface area contributed by atoms with Crippen molar-refractivity contribution in [1.29, 1.82) is 0 Å². The number of hydrogen-bond acceptors (Lipinski definition) is 4. The molecule has 0 bridgehead atoms. The third kappa shape index (κ3) is 3.89. The summed E-state index contributed by atoms with van der Waals surface area (Å²) in [5.41, 5.74) is 0.351. The Hall–Kier alpha value is -3.35. The minimum atomic E-state index is -0.812. The minimum absolute atomic E-state index is 0.104. The van der Waals surface area contributed by atoms with Crippen LogP contribution in [0.2, 0.25) is 0 Å². The number of amides is 1. The molecule has 0 aliphatic carbocycles. The summed E-state index contributed by atoms with van der Waals surface area (Å²) in [6.07, 6.45) is 4.50. The van der Waals surface area contributed by atoms with E-state index in [0.29, 0.717) is 23.4 Å². The molecular weight excluding hydrogens is 316 g/mol. The molecule has 0 aliphatic rings. The van der Waals surface area contributed by atoms with E-state index in [1.54, 1.807) is 24.3 Å². The van der Waals surface area contributed by atoms with Gasteiger partial charge in [0.25, 0.3) is 5.91 Å². The standard InChI is InChI=1S/C17H11F2N3O2/c18-12-7-11(8-13(19)9-12)17(23)22-14-1-3-15(4-2-14)24-16-10-20-5-6-21-16/h1-10H,(H,22,23). The minimum Gasteiger partial charge on any atom is -0.438 e. The normalized spacial score (nSPS) is 10.2. The summed E-state index contributed by atoms with van der Waals surface area (Å²) in [5.74, 6) is -1.40. The van der Waals surface area contributed by atoms with Gasteiger partial charge in [-0.2, -0.15) is 0 Å². The van der Waals surface area contributed by atoms with E-state index in [4.69, 9.17) is 4.74 Å². The molecule has 0 fully saturated rings. The average Bonchev–Trinajstić information content (AvgIpc) is 2.57. The van der Waals surface area contributed by atoms with Gasteiger partial charge in [0.05, 0.1) is 6.20 Å². The first-order valence-corrected chi connectivity index (χ1v) is 6.91. The quantitative estimate of drug-likeness (QED) is 0.791. The van der Waals surface area contributed by atoms with Crippen LogP contribution in [-0.2, 0) is 0 Å². The average molecular weight is 327 g/mol. The van der Waals surface area contributed by atoms with Gasteiger partial charge < -0.3 is 10.1 Å². The van der Waals surface area contributed by atoms with Crippen molar-refractivity contribution in [3.63, 3.8) is 0 Å². The van der Waals surface area contributed by atoms with Gasteiger partial charge in [-0.15, -0.1) is 0 Å². The summed E-state index contributed by atoms with van der Waals surface area (Å²) in [5, 5.41) is 2.55. The van der Waals surface area contributed by atoms with Gasteiger partial charge in [0, 0.05) is 29.7 Å². The molecule has 24 heavy (non-hydrogen) atoms. The van der Waals surface area contributed by atoms with Crippen LogP contribution in [0.25, 0.3) is 0 Å². The van der Waals surface area contributed by atoms with Gasteiger partial charge in [-0.3, -0.25) is 9.78 Å². The maximum atomic E-state index is 13.1. The van der Waals surface area contributed by atoms with Crippen molar-refractivity contribution >= 4 is 11.6 Å². The zero-order chi connectivity index (χ0) is 16.9. The van der Waals surface area contributed by atoms with E-state index in [1.165, 1.54) is 18.6 Å². The van der Waals surface area contributed by atoms with Crippen LogP contribution in [0.1, 0.15) is 10.4 Å². The molecule has 0 saturated carbocycles. The third-order valence-electron chi connectivity index (χ3n) is 3.00. The second kappa shape index (κ2) is 6.82. The van der Waals surface area contributed by atoms with Crippen molar-refractivity contribution in [3.05, 3.63) is 78.3 Å². The summed E-state index contributed by atoms with van der Waals surface area (Å²) < 4.78 is 31.7. The Balaban J connectivity index is 1.68. The molecule has 0 saturated heterocycles. The third-order valence-corrected chi connectivity index (χ3v) is 3.00. The molecular formula is C17H11F2N3O2. The lowest BCUT2D eigenvalue weighted by atomic mass is 10.2. The molecule has 3 aromatic rings. The van der Waals surface area contributed by atoms with Crippen molar-refractivity contribution in [3.8, 4) is 11.6 Å². The smallest absolute Gasteiger partial charge is 0.255 e. The van der Waals surface area contributed by atoms with Gasteiger partial charge in [-0.05, 0) is 36.4 Å². The fraction of sp³-hybridized carbons (Fsp3) is 0. The molecule has 0 atom stereocenters. The summed E-state index contributed by atoms with van der Waals surface area (Å²) in [6.45, 7) is 0. The van der Waals surface area contributed by atoms with Gasteiger partial charge >= 0.3 is 0 Å². The number of hydrogen-bond donors (Lipinski definition) is 1. The molecule has 0 aliphatic heterocycles.